The lowest BCUT2D eigenvalue weighted by Gasteiger charge is -2.06. The van der Waals surface area contributed by atoms with Crippen LogP contribution in [-0.2, 0) is 13.0 Å². The Morgan fingerprint density at radius 2 is 2.16 bits per heavy atom. The fraction of sp³-hybridized carbons (Fsp3) is 0.333. The molecule has 0 aliphatic heterocycles. The van der Waals surface area contributed by atoms with Crippen LogP contribution in [0.15, 0.2) is 23.1 Å². The first kappa shape index (κ1) is 14.5. The summed E-state index contributed by atoms with van der Waals surface area (Å²) in [5.74, 6) is 1.34. The number of nitrogen functional groups attached to an aromatic ring is 1. The third kappa shape index (κ3) is 3.55. The summed E-state index contributed by atoms with van der Waals surface area (Å²) in [7, 11) is 0. The Hall–Kier alpha value is -0.910. The zero-order chi connectivity index (χ0) is 13.8. The maximum Gasteiger partial charge on any atom is 0.169 e. The summed E-state index contributed by atoms with van der Waals surface area (Å²) >= 11 is 13.7. The molecule has 0 saturated heterocycles. The van der Waals surface area contributed by atoms with E-state index < -0.39 is 0 Å². The summed E-state index contributed by atoms with van der Waals surface area (Å²) in [6.45, 7) is 2.77. The highest BCUT2D eigenvalue weighted by molar-refractivity contribution is 7.99. The molecular weight excluding hydrogens is 303 g/mol. The Kier molecular flexibility index (Phi) is 4.96. The van der Waals surface area contributed by atoms with Gasteiger partial charge in [-0.05, 0) is 24.6 Å². The van der Waals surface area contributed by atoms with Crippen LogP contribution in [0.3, 0.4) is 0 Å². The number of hydrogen-bond donors (Lipinski definition) is 1. The summed E-state index contributed by atoms with van der Waals surface area (Å²) in [6, 6.07) is 5.45. The molecule has 0 saturated carbocycles. The lowest BCUT2D eigenvalue weighted by molar-refractivity contribution is 0.606. The van der Waals surface area contributed by atoms with Crippen LogP contribution in [0.2, 0.25) is 10.0 Å². The van der Waals surface area contributed by atoms with Crippen LogP contribution in [0.4, 0.5) is 5.82 Å². The number of thioether (sulfide) groups is 1. The predicted molar refractivity (Wildman–Crippen MR) is 81.0 cm³/mol. The van der Waals surface area contributed by atoms with E-state index in [1.165, 1.54) is 0 Å². The topological polar surface area (TPSA) is 56.7 Å². The average Bonchev–Trinajstić information content (AvgIpc) is 2.74. The summed E-state index contributed by atoms with van der Waals surface area (Å²) in [6.07, 6.45) is 0.821. The molecular formula is C12H14Cl2N4S. The lowest BCUT2D eigenvalue weighted by Crippen LogP contribution is -2.07. The largest absolute Gasteiger partial charge is 0.381 e. The molecule has 2 rings (SSSR count). The van der Waals surface area contributed by atoms with E-state index in [-0.39, 0.29) is 0 Å². The summed E-state index contributed by atoms with van der Waals surface area (Å²) in [5, 5.41) is 9.30. The van der Waals surface area contributed by atoms with Crippen molar-refractivity contribution in [1.82, 2.24) is 15.0 Å². The molecule has 0 aliphatic carbocycles. The second-order valence-electron chi connectivity index (χ2n) is 3.92. The zero-order valence-electron chi connectivity index (χ0n) is 10.4. The Morgan fingerprint density at radius 3 is 2.89 bits per heavy atom. The number of aryl methyl sites for hydroxylation is 1. The minimum atomic E-state index is 0.508. The maximum absolute atomic E-state index is 6.11. The van der Waals surface area contributed by atoms with Crippen molar-refractivity contribution in [3.05, 3.63) is 33.9 Å². The number of anilines is 1. The van der Waals surface area contributed by atoms with Gasteiger partial charge in [-0.25, -0.2) is 4.68 Å². The van der Waals surface area contributed by atoms with E-state index >= 15 is 0 Å². The minimum Gasteiger partial charge on any atom is -0.381 e. The first-order valence-electron chi connectivity index (χ1n) is 5.87. The molecule has 0 amide bonds. The molecule has 0 atom stereocenters. The zero-order valence-corrected chi connectivity index (χ0v) is 12.8. The summed E-state index contributed by atoms with van der Waals surface area (Å²) in [5.41, 5.74) is 6.71. The van der Waals surface area contributed by atoms with Crippen LogP contribution < -0.4 is 5.73 Å². The highest BCUT2D eigenvalue weighted by Crippen LogP contribution is 2.30. The highest BCUT2D eigenvalue weighted by Gasteiger charge is 2.08. The Balaban J connectivity index is 1.98. The molecule has 1 heterocycles. The van der Waals surface area contributed by atoms with Crippen LogP contribution in [0.1, 0.15) is 12.6 Å². The van der Waals surface area contributed by atoms with Crippen LogP contribution in [0.25, 0.3) is 0 Å². The number of rotatable bonds is 5. The first-order valence-corrected chi connectivity index (χ1v) is 7.61. The molecule has 0 radical (unpaired) electrons. The molecule has 7 heteroatoms. The normalized spacial score (nSPS) is 10.9. The van der Waals surface area contributed by atoms with E-state index in [1.807, 2.05) is 17.7 Å². The van der Waals surface area contributed by atoms with E-state index in [9.17, 15) is 0 Å². The van der Waals surface area contributed by atoms with E-state index in [0.717, 1.165) is 29.3 Å². The van der Waals surface area contributed by atoms with Crippen LogP contribution in [0, 0.1) is 0 Å². The van der Waals surface area contributed by atoms with Crippen molar-refractivity contribution in [3.8, 4) is 0 Å². The number of aromatic nitrogens is 3. The van der Waals surface area contributed by atoms with Crippen molar-refractivity contribution in [1.29, 1.82) is 0 Å². The van der Waals surface area contributed by atoms with Gasteiger partial charge in [-0.15, -0.1) is 16.9 Å². The van der Waals surface area contributed by atoms with Crippen molar-refractivity contribution in [2.45, 2.75) is 24.8 Å². The lowest BCUT2D eigenvalue weighted by atomic mass is 10.3. The van der Waals surface area contributed by atoms with Gasteiger partial charge in [0.1, 0.15) is 0 Å². The molecule has 102 valence electrons. The van der Waals surface area contributed by atoms with Gasteiger partial charge < -0.3 is 5.73 Å². The molecule has 0 bridgehead atoms. The quantitative estimate of drug-likeness (QED) is 0.857. The molecule has 0 spiro atoms. The molecule has 1 aromatic carbocycles. The number of nitrogens with two attached hydrogens (primary N) is 1. The van der Waals surface area contributed by atoms with Crippen molar-refractivity contribution in [2.24, 2.45) is 0 Å². The monoisotopic (exact) mass is 316 g/mol. The third-order valence-electron chi connectivity index (χ3n) is 2.66. The van der Waals surface area contributed by atoms with Crippen molar-refractivity contribution >= 4 is 40.8 Å². The van der Waals surface area contributed by atoms with Crippen molar-refractivity contribution in [3.63, 3.8) is 0 Å². The van der Waals surface area contributed by atoms with Crippen molar-refractivity contribution < 1.29 is 0 Å². The van der Waals surface area contributed by atoms with Gasteiger partial charge in [0.2, 0.25) is 0 Å². The van der Waals surface area contributed by atoms with Crippen molar-refractivity contribution in [2.75, 3.05) is 11.5 Å². The van der Waals surface area contributed by atoms with Gasteiger partial charge in [0.25, 0.3) is 0 Å². The van der Waals surface area contributed by atoms with Gasteiger partial charge >= 0.3 is 0 Å². The molecule has 2 aromatic rings. The van der Waals surface area contributed by atoms with Gasteiger partial charge in [0, 0.05) is 15.7 Å². The number of hydrogen-bond acceptors (Lipinski definition) is 4. The fourth-order valence-corrected chi connectivity index (χ4v) is 3.14. The first-order chi connectivity index (χ1) is 9.11. The SMILES string of the molecule is CCc1c(N)nnn1CCSc1cc(Cl)ccc1Cl. The number of halogens is 2. The van der Waals surface area contributed by atoms with Crippen LogP contribution in [-0.4, -0.2) is 20.7 Å². The molecule has 19 heavy (non-hydrogen) atoms. The predicted octanol–water partition coefficient (Wildman–Crippen LogP) is 3.52. The average molecular weight is 317 g/mol. The Bertz CT molecular complexity index is 571. The van der Waals surface area contributed by atoms with E-state index in [4.69, 9.17) is 28.9 Å². The van der Waals surface area contributed by atoms with Gasteiger partial charge in [0.05, 0.1) is 17.3 Å². The van der Waals surface area contributed by atoms with Gasteiger partial charge in [-0.3, -0.25) is 0 Å². The molecule has 4 nitrogen and oxygen atoms in total. The van der Waals surface area contributed by atoms with Crippen LogP contribution in [0.5, 0.6) is 0 Å². The number of nitrogens with zero attached hydrogens (tertiary/aromatic N) is 3. The van der Waals surface area contributed by atoms with E-state index in [0.29, 0.717) is 15.9 Å². The molecule has 0 aliphatic rings. The Labute approximate surface area is 126 Å². The molecule has 2 N–H and O–H groups in total. The minimum absolute atomic E-state index is 0.508. The molecule has 0 fully saturated rings. The second kappa shape index (κ2) is 6.50. The highest BCUT2D eigenvalue weighted by atomic mass is 35.5. The fourth-order valence-electron chi connectivity index (χ4n) is 1.72. The standard InChI is InChI=1S/C12H14Cl2N4S/c1-2-10-12(15)16-17-18(10)5-6-19-11-7-8(13)3-4-9(11)14/h3-4,7H,2,5-6,15H2,1H3. The smallest absolute Gasteiger partial charge is 0.169 e. The van der Waals surface area contributed by atoms with Gasteiger partial charge in [-0.2, -0.15) is 0 Å². The van der Waals surface area contributed by atoms with Crippen LogP contribution >= 0.6 is 35.0 Å². The molecule has 0 unspecified atom stereocenters. The van der Waals surface area contributed by atoms with Gasteiger partial charge in [-0.1, -0.05) is 35.3 Å². The Morgan fingerprint density at radius 1 is 1.37 bits per heavy atom. The summed E-state index contributed by atoms with van der Waals surface area (Å²) < 4.78 is 1.83. The van der Waals surface area contributed by atoms with E-state index in [2.05, 4.69) is 10.3 Å². The summed E-state index contributed by atoms with van der Waals surface area (Å²) in [4.78, 5) is 0.973. The third-order valence-corrected chi connectivity index (χ3v) is 4.37. The number of benzene rings is 1. The molecule has 1 aromatic heterocycles. The van der Waals surface area contributed by atoms with Gasteiger partial charge in [0.15, 0.2) is 5.82 Å². The second-order valence-corrected chi connectivity index (χ2v) is 5.90. The van der Waals surface area contributed by atoms with E-state index in [1.54, 1.807) is 23.9 Å². The maximum atomic E-state index is 6.11.